The molecule has 0 spiro atoms. The number of H-pyrrole nitrogens is 1. The minimum atomic E-state index is -0.0679. The lowest BCUT2D eigenvalue weighted by Gasteiger charge is -2.27. The van der Waals surface area contributed by atoms with Crippen molar-refractivity contribution in [3.63, 3.8) is 0 Å². The van der Waals surface area contributed by atoms with Gasteiger partial charge in [0.25, 0.3) is 0 Å². The highest BCUT2D eigenvalue weighted by molar-refractivity contribution is 6.30. The Morgan fingerprint density at radius 1 is 1.10 bits per heavy atom. The van der Waals surface area contributed by atoms with E-state index in [1.807, 2.05) is 78.0 Å². The van der Waals surface area contributed by atoms with Gasteiger partial charge in [-0.1, -0.05) is 35.9 Å². The van der Waals surface area contributed by atoms with Gasteiger partial charge in [0.1, 0.15) is 5.82 Å². The van der Waals surface area contributed by atoms with E-state index in [1.54, 1.807) is 0 Å². The summed E-state index contributed by atoms with van der Waals surface area (Å²) in [5.41, 5.74) is 3.03. The number of hydrogen-bond donors (Lipinski definition) is 1. The predicted molar refractivity (Wildman–Crippen MR) is 118 cm³/mol. The molecule has 2 aromatic heterocycles. The minimum absolute atomic E-state index is 0.000398. The van der Waals surface area contributed by atoms with Crippen LogP contribution in [0.3, 0.4) is 0 Å². The van der Waals surface area contributed by atoms with Crippen molar-refractivity contribution in [3.8, 4) is 0 Å². The fraction of sp³-hybridized carbons (Fsp3) is 0.250. The second kappa shape index (κ2) is 8.00. The summed E-state index contributed by atoms with van der Waals surface area (Å²) < 4.78 is 2.09. The number of aromatic nitrogens is 3. The highest BCUT2D eigenvalue weighted by Gasteiger charge is 2.33. The topological polar surface area (TPSA) is 53.9 Å². The highest BCUT2D eigenvalue weighted by atomic mass is 35.5. The molecule has 0 saturated carbocycles. The van der Waals surface area contributed by atoms with Gasteiger partial charge in [-0.2, -0.15) is 0 Å². The van der Waals surface area contributed by atoms with Crippen molar-refractivity contribution in [1.82, 2.24) is 19.4 Å². The first kappa shape index (κ1) is 18.9. The van der Waals surface area contributed by atoms with Crippen molar-refractivity contribution >= 4 is 28.5 Å². The summed E-state index contributed by atoms with van der Waals surface area (Å²) in [6.45, 7) is 0.763. The fourth-order valence-electron chi connectivity index (χ4n) is 4.40. The van der Waals surface area contributed by atoms with E-state index >= 15 is 0 Å². The van der Waals surface area contributed by atoms with Crippen LogP contribution in [-0.4, -0.2) is 31.9 Å². The number of rotatable bonds is 5. The number of likely N-dealkylation sites (tertiary alicyclic amines) is 1. The number of halogens is 1. The molecule has 4 aromatic rings. The van der Waals surface area contributed by atoms with Crippen molar-refractivity contribution in [3.05, 3.63) is 89.5 Å². The summed E-state index contributed by atoms with van der Waals surface area (Å²) in [7, 11) is 0. The molecular formula is C24H23ClN4O. The third kappa shape index (κ3) is 3.61. The van der Waals surface area contributed by atoms with E-state index in [0.29, 0.717) is 11.4 Å². The van der Waals surface area contributed by atoms with Crippen molar-refractivity contribution in [1.29, 1.82) is 0 Å². The molecule has 1 fully saturated rings. The first-order chi connectivity index (χ1) is 14.7. The molecule has 2 aromatic carbocycles. The lowest BCUT2D eigenvalue weighted by molar-refractivity contribution is -0.132. The molecule has 0 radical (unpaired) electrons. The number of carbonyl (C=O) groups is 1. The van der Waals surface area contributed by atoms with Crippen LogP contribution < -0.4 is 0 Å². The molecule has 1 N–H and O–H groups in total. The number of fused-ring (bicyclic) bond motifs is 1. The molecule has 2 atom stereocenters. The molecular weight excluding hydrogens is 396 g/mol. The van der Waals surface area contributed by atoms with Crippen molar-refractivity contribution in [2.45, 2.75) is 31.3 Å². The number of benzene rings is 2. The molecule has 1 aliphatic heterocycles. The van der Waals surface area contributed by atoms with E-state index in [1.165, 1.54) is 0 Å². The predicted octanol–water partition coefficient (Wildman–Crippen LogP) is 5.36. The molecule has 1 amide bonds. The number of aromatic amines is 1. The molecule has 0 aliphatic carbocycles. The van der Waals surface area contributed by atoms with E-state index < -0.39 is 0 Å². The molecule has 0 bridgehead atoms. The van der Waals surface area contributed by atoms with Crippen LogP contribution >= 0.6 is 11.6 Å². The second-order valence-corrected chi connectivity index (χ2v) is 8.22. The number of amides is 1. The van der Waals surface area contributed by atoms with Crippen LogP contribution in [0.1, 0.15) is 42.7 Å². The van der Waals surface area contributed by atoms with E-state index in [9.17, 15) is 4.79 Å². The van der Waals surface area contributed by atoms with Gasteiger partial charge in [-0.25, -0.2) is 4.98 Å². The lowest BCUT2D eigenvalue weighted by atomic mass is 10.0. The third-order valence-corrected chi connectivity index (χ3v) is 6.16. The summed E-state index contributed by atoms with van der Waals surface area (Å²) >= 11 is 6.08. The summed E-state index contributed by atoms with van der Waals surface area (Å²) in [6.07, 6.45) is 6.33. The molecule has 1 aliphatic rings. The lowest BCUT2D eigenvalue weighted by Crippen LogP contribution is -2.33. The maximum atomic E-state index is 13.4. The zero-order valence-corrected chi connectivity index (χ0v) is 17.3. The molecule has 1 saturated heterocycles. The van der Waals surface area contributed by atoms with Gasteiger partial charge >= 0.3 is 0 Å². The van der Waals surface area contributed by atoms with Crippen molar-refractivity contribution in [2.24, 2.45) is 0 Å². The van der Waals surface area contributed by atoms with E-state index in [-0.39, 0.29) is 18.0 Å². The number of nitrogens with one attached hydrogen (secondary N) is 1. The summed E-state index contributed by atoms with van der Waals surface area (Å²) in [5.74, 6) is 1.03. The molecule has 5 rings (SSSR count). The average molecular weight is 419 g/mol. The number of carbonyl (C=O) groups excluding carboxylic acids is 1. The van der Waals surface area contributed by atoms with Crippen LogP contribution in [0.4, 0.5) is 0 Å². The summed E-state index contributed by atoms with van der Waals surface area (Å²) in [5, 5.41) is 0.695. The Balaban J connectivity index is 1.41. The average Bonchev–Trinajstić information content (AvgIpc) is 3.52. The Hall–Kier alpha value is -3.05. The normalized spacial score (nSPS) is 17.5. The van der Waals surface area contributed by atoms with Crippen molar-refractivity contribution < 1.29 is 4.79 Å². The van der Waals surface area contributed by atoms with Crippen LogP contribution in [0.25, 0.3) is 11.0 Å². The Morgan fingerprint density at radius 3 is 2.63 bits per heavy atom. The van der Waals surface area contributed by atoms with Crippen LogP contribution in [0, 0.1) is 0 Å². The van der Waals surface area contributed by atoms with E-state index in [4.69, 9.17) is 16.6 Å². The van der Waals surface area contributed by atoms with Gasteiger partial charge in [-0.15, -0.1) is 0 Å². The second-order valence-electron chi connectivity index (χ2n) is 7.79. The molecule has 152 valence electrons. The minimum Gasteiger partial charge on any atom is -0.346 e. The van der Waals surface area contributed by atoms with Gasteiger partial charge in [0, 0.05) is 24.0 Å². The SMILES string of the molecule is O=C(CC(c1ccc(Cl)cc1)n1cccc1)N1CCCC1c1nc2ccccc2[nH]1. The van der Waals surface area contributed by atoms with Gasteiger partial charge in [-0.3, -0.25) is 4.79 Å². The zero-order chi connectivity index (χ0) is 20.5. The Kier molecular flexibility index (Phi) is 5.05. The largest absolute Gasteiger partial charge is 0.346 e. The number of para-hydroxylation sites is 2. The first-order valence-electron chi connectivity index (χ1n) is 10.3. The fourth-order valence-corrected chi connectivity index (χ4v) is 4.52. The molecule has 2 unspecified atom stereocenters. The quantitative estimate of drug-likeness (QED) is 0.474. The van der Waals surface area contributed by atoms with Crippen molar-refractivity contribution in [2.75, 3.05) is 6.54 Å². The van der Waals surface area contributed by atoms with Gasteiger partial charge < -0.3 is 14.5 Å². The molecule has 30 heavy (non-hydrogen) atoms. The third-order valence-electron chi connectivity index (χ3n) is 5.91. The zero-order valence-electron chi connectivity index (χ0n) is 16.5. The number of hydrogen-bond acceptors (Lipinski definition) is 2. The molecule has 5 nitrogen and oxygen atoms in total. The van der Waals surface area contributed by atoms with Gasteiger partial charge in [-0.05, 0) is 54.8 Å². The van der Waals surface area contributed by atoms with E-state index in [0.717, 1.165) is 41.8 Å². The van der Waals surface area contributed by atoms with Crippen LogP contribution in [0.15, 0.2) is 73.1 Å². The van der Waals surface area contributed by atoms with E-state index in [2.05, 4.69) is 9.55 Å². The summed E-state index contributed by atoms with van der Waals surface area (Å²) in [6, 6.07) is 19.7. The Labute approximate surface area is 180 Å². The van der Waals surface area contributed by atoms with Gasteiger partial charge in [0.05, 0.1) is 29.5 Å². The Bertz CT molecular complexity index is 1120. The maximum absolute atomic E-state index is 13.4. The maximum Gasteiger partial charge on any atom is 0.225 e. The number of nitrogens with zero attached hydrogens (tertiary/aromatic N) is 3. The van der Waals surface area contributed by atoms with Crippen LogP contribution in [0.5, 0.6) is 0 Å². The number of imidazole rings is 1. The standard InChI is InChI=1S/C24H23ClN4O/c25-18-11-9-17(10-12-18)22(28-13-3-4-14-28)16-23(30)29-15-5-8-21(29)24-26-19-6-1-2-7-20(19)27-24/h1-4,6-7,9-14,21-22H,5,8,15-16H2,(H,26,27). The summed E-state index contributed by atoms with van der Waals surface area (Å²) in [4.78, 5) is 23.6. The molecule has 6 heteroatoms. The van der Waals surface area contributed by atoms with Crippen LogP contribution in [-0.2, 0) is 4.79 Å². The highest BCUT2D eigenvalue weighted by Crippen LogP contribution is 2.34. The van der Waals surface area contributed by atoms with Gasteiger partial charge in [0.15, 0.2) is 0 Å². The molecule has 3 heterocycles. The monoisotopic (exact) mass is 418 g/mol. The smallest absolute Gasteiger partial charge is 0.225 e. The first-order valence-corrected chi connectivity index (χ1v) is 10.7. The Morgan fingerprint density at radius 2 is 1.87 bits per heavy atom. The van der Waals surface area contributed by atoms with Gasteiger partial charge in [0.2, 0.25) is 5.91 Å². The van der Waals surface area contributed by atoms with Crippen LogP contribution in [0.2, 0.25) is 5.02 Å².